The molecule has 3 aromatic rings. The molecule has 0 aliphatic rings. The van der Waals surface area contributed by atoms with Gasteiger partial charge in [-0.05, 0) is 97.9 Å². The summed E-state index contributed by atoms with van der Waals surface area (Å²) >= 11 is 0. The molecule has 0 saturated heterocycles. The van der Waals surface area contributed by atoms with Crippen LogP contribution in [0.5, 0.6) is 23.0 Å². The fourth-order valence-corrected chi connectivity index (χ4v) is 3.84. The van der Waals surface area contributed by atoms with Crippen LogP contribution in [0.15, 0.2) is 60.7 Å². The van der Waals surface area contributed by atoms with Crippen molar-refractivity contribution < 1.29 is 18.9 Å². The van der Waals surface area contributed by atoms with E-state index < -0.39 is 0 Å². The van der Waals surface area contributed by atoms with Crippen LogP contribution < -0.4 is 36.1 Å². The molecular weight excluding hydrogens is 478 g/mol. The SMILES string of the molecule is CCCCOc1cc(OCCCN)cc(-c2cccc(-c3cc(OCCCN)cc(OCCCN)c3)c2)c1. The van der Waals surface area contributed by atoms with E-state index in [1.54, 1.807) is 0 Å². The summed E-state index contributed by atoms with van der Waals surface area (Å²) in [6.45, 7) is 6.26. The lowest BCUT2D eigenvalue weighted by Crippen LogP contribution is -2.07. The second kappa shape index (κ2) is 16.6. The Bertz CT molecular complexity index is 967. The minimum absolute atomic E-state index is 0.556. The zero-order valence-electron chi connectivity index (χ0n) is 22.6. The third-order valence-electron chi connectivity index (χ3n) is 5.91. The molecule has 0 bridgehead atoms. The van der Waals surface area contributed by atoms with Gasteiger partial charge < -0.3 is 36.1 Å². The van der Waals surface area contributed by atoms with Crippen LogP contribution in [0.3, 0.4) is 0 Å². The molecule has 0 aliphatic carbocycles. The van der Waals surface area contributed by atoms with Crippen LogP contribution in [0.1, 0.15) is 39.0 Å². The predicted octanol–water partition coefficient (Wildman–Crippen LogP) is 5.38. The molecule has 6 N–H and O–H groups in total. The summed E-state index contributed by atoms with van der Waals surface area (Å²) in [5.41, 5.74) is 21.1. The molecular formula is C31H43N3O4. The van der Waals surface area contributed by atoms with Gasteiger partial charge in [-0.25, -0.2) is 0 Å². The molecule has 0 atom stereocenters. The van der Waals surface area contributed by atoms with Crippen LogP contribution in [0.25, 0.3) is 22.3 Å². The largest absolute Gasteiger partial charge is 0.493 e. The van der Waals surface area contributed by atoms with Gasteiger partial charge in [0.05, 0.1) is 26.4 Å². The minimum atomic E-state index is 0.556. The summed E-state index contributed by atoms with van der Waals surface area (Å²) in [6.07, 6.45) is 4.45. The Balaban J connectivity index is 1.93. The molecule has 0 fully saturated rings. The Labute approximate surface area is 227 Å². The number of benzene rings is 3. The lowest BCUT2D eigenvalue weighted by atomic mass is 9.98. The lowest BCUT2D eigenvalue weighted by Gasteiger charge is -2.14. The molecule has 3 rings (SSSR count). The molecule has 7 heteroatoms. The first-order chi connectivity index (χ1) is 18.7. The van der Waals surface area contributed by atoms with E-state index >= 15 is 0 Å². The van der Waals surface area contributed by atoms with Crippen LogP contribution in [0.4, 0.5) is 0 Å². The summed E-state index contributed by atoms with van der Waals surface area (Å²) in [4.78, 5) is 0. The van der Waals surface area contributed by atoms with E-state index in [2.05, 4.69) is 43.3 Å². The molecule has 0 amide bonds. The molecule has 0 spiro atoms. The normalized spacial score (nSPS) is 10.8. The highest BCUT2D eigenvalue weighted by molar-refractivity contribution is 5.75. The molecule has 7 nitrogen and oxygen atoms in total. The molecule has 0 unspecified atom stereocenters. The van der Waals surface area contributed by atoms with Gasteiger partial charge in [0.15, 0.2) is 0 Å². The van der Waals surface area contributed by atoms with E-state index in [9.17, 15) is 0 Å². The molecule has 0 saturated carbocycles. The van der Waals surface area contributed by atoms with Gasteiger partial charge in [0, 0.05) is 12.1 Å². The first-order valence-electron chi connectivity index (χ1n) is 13.7. The Kier molecular flexibility index (Phi) is 12.8. The number of rotatable bonds is 18. The van der Waals surface area contributed by atoms with Crippen molar-refractivity contribution in [2.75, 3.05) is 46.1 Å². The molecule has 3 aromatic carbocycles. The summed E-state index contributed by atoms with van der Waals surface area (Å²) < 4.78 is 24.0. The molecule has 0 aliphatic heterocycles. The summed E-state index contributed by atoms with van der Waals surface area (Å²) in [5.74, 6) is 3.09. The first-order valence-corrected chi connectivity index (χ1v) is 13.7. The highest BCUT2D eigenvalue weighted by atomic mass is 16.5. The van der Waals surface area contributed by atoms with E-state index in [-0.39, 0.29) is 0 Å². The van der Waals surface area contributed by atoms with E-state index in [0.29, 0.717) is 46.1 Å². The first kappa shape index (κ1) is 29.3. The van der Waals surface area contributed by atoms with E-state index in [0.717, 1.165) is 77.4 Å². The topological polar surface area (TPSA) is 115 Å². The second-order valence-electron chi connectivity index (χ2n) is 9.14. The maximum Gasteiger partial charge on any atom is 0.123 e. The average molecular weight is 522 g/mol. The molecule has 38 heavy (non-hydrogen) atoms. The van der Waals surface area contributed by atoms with Crippen molar-refractivity contribution in [2.24, 2.45) is 17.2 Å². The van der Waals surface area contributed by atoms with E-state index in [1.165, 1.54) is 0 Å². The number of hydrogen-bond donors (Lipinski definition) is 3. The van der Waals surface area contributed by atoms with Gasteiger partial charge in [-0.2, -0.15) is 0 Å². The van der Waals surface area contributed by atoms with Gasteiger partial charge in [0.25, 0.3) is 0 Å². The van der Waals surface area contributed by atoms with Crippen LogP contribution in [-0.2, 0) is 0 Å². The Hall–Kier alpha value is -3.26. The van der Waals surface area contributed by atoms with Crippen molar-refractivity contribution >= 4 is 0 Å². The van der Waals surface area contributed by atoms with Crippen molar-refractivity contribution in [3.63, 3.8) is 0 Å². The number of hydrogen-bond acceptors (Lipinski definition) is 7. The Morgan fingerprint density at radius 3 is 1.18 bits per heavy atom. The molecule has 206 valence electrons. The van der Waals surface area contributed by atoms with Gasteiger partial charge in [-0.15, -0.1) is 0 Å². The number of ether oxygens (including phenoxy) is 4. The van der Waals surface area contributed by atoms with Crippen molar-refractivity contribution in [1.29, 1.82) is 0 Å². The van der Waals surface area contributed by atoms with Gasteiger partial charge >= 0.3 is 0 Å². The second-order valence-corrected chi connectivity index (χ2v) is 9.14. The van der Waals surface area contributed by atoms with Crippen LogP contribution >= 0.6 is 0 Å². The van der Waals surface area contributed by atoms with Crippen LogP contribution in [0, 0.1) is 0 Å². The Morgan fingerprint density at radius 1 is 0.474 bits per heavy atom. The quantitative estimate of drug-likeness (QED) is 0.192. The lowest BCUT2D eigenvalue weighted by molar-refractivity contribution is 0.296. The molecule has 0 aromatic heterocycles. The standard InChI is InChI=1S/C31H43N3O4/c1-2-3-13-35-28-18-26(19-29(22-28)36-14-5-10-32)24-8-4-9-25(17-24)27-20-30(37-15-6-11-33)23-31(21-27)38-16-7-12-34/h4,8-9,17-23H,2-3,5-7,10-16,32-34H2,1H3. The third kappa shape index (κ3) is 9.56. The fourth-order valence-electron chi connectivity index (χ4n) is 3.84. The highest BCUT2D eigenvalue weighted by Gasteiger charge is 2.10. The van der Waals surface area contributed by atoms with Crippen molar-refractivity contribution in [3.8, 4) is 45.3 Å². The summed E-state index contributed by atoms with van der Waals surface area (Å²) in [7, 11) is 0. The smallest absolute Gasteiger partial charge is 0.123 e. The van der Waals surface area contributed by atoms with Crippen molar-refractivity contribution in [2.45, 2.75) is 39.0 Å². The zero-order chi connectivity index (χ0) is 27.0. The van der Waals surface area contributed by atoms with Crippen LogP contribution in [-0.4, -0.2) is 46.1 Å². The average Bonchev–Trinajstić information content (AvgIpc) is 2.94. The Morgan fingerprint density at radius 2 is 0.842 bits per heavy atom. The van der Waals surface area contributed by atoms with E-state index in [4.69, 9.17) is 36.1 Å². The monoisotopic (exact) mass is 521 g/mol. The number of nitrogens with two attached hydrogens (primary N) is 3. The van der Waals surface area contributed by atoms with Gasteiger partial charge in [0.2, 0.25) is 0 Å². The van der Waals surface area contributed by atoms with Crippen molar-refractivity contribution in [3.05, 3.63) is 60.7 Å². The maximum atomic E-state index is 6.04. The molecule has 0 radical (unpaired) electrons. The highest BCUT2D eigenvalue weighted by Crippen LogP contribution is 2.35. The fraction of sp³-hybridized carbons (Fsp3) is 0.419. The van der Waals surface area contributed by atoms with Gasteiger partial charge in [-0.1, -0.05) is 31.5 Å². The van der Waals surface area contributed by atoms with Gasteiger partial charge in [0.1, 0.15) is 23.0 Å². The zero-order valence-corrected chi connectivity index (χ0v) is 22.6. The summed E-state index contributed by atoms with van der Waals surface area (Å²) in [5, 5.41) is 0. The molecule has 0 heterocycles. The van der Waals surface area contributed by atoms with Crippen LogP contribution in [0.2, 0.25) is 0 Å². The van der Waals surface area contributed by atoms with E-state index in [1.807, 2.05) is 24.3 Å². The summed E-state index contributed by atoms with van der Waals surface area (Å²) in [6, 6.07) is 20.5. The predicted molar refractivity (Wildman–Crippen MR) is 155 cm³/mol. The number of unbranched alkanes of at least 4 members (excludes halogenated alkanes) is 1. The van der Waals surface area contributed by atoms with Gasteiger partial charge in [-0.3, -0.25) is 0 Å². The third-order valence-corrected chi connectivity index (χ3v) is 5.91. The van der Waals surface area contributed by atoms with Crippen molar-refractivity contribution in [1.82, 2.24) is 0 Å². The minimum Gasteiger partial charge on any atom is -0.493 e. The maximum absolute atomic E-state index is 6.04.